The molecule has 1 aliphatic heterocycles. The predicted molar refractivity (Wildman–Crippen MR) is 75.0 cm³/mol. The van der Waals surface area contributed by atoms with Gasteiger partial charge >= 0.3 is 0 Å². The molecule has 6 heteroatoms. The molecule has 1 fully saturated rings. The molecule has 3 rings (SSSR count). The van der Waals surface area contributed by atoms with Crippen LogP contribution in [-0.2, 0) is 4.74 Å². The Morgan fingerprint density at radius 2 is 2.25 bits per heavy atom. The molecule has 2 aromatic rings. The second kappa shape index (κ2) is 6.11. The van der Waals surface area contributed by atoms with Crippen molar-refractivity contribution in [2.24, 2.45) is 0 Å². The zero-order valence-corrected chi connectivity index (χ0v) is 11.6. The first-order chi connectivity index (χ1) is 9.90. The van der Waals surface area contributed by atoms with Gasteiger partial charge in [-0.25, -0.2) is 0 Å². The number of aromatic nitrogens is 4. The maximum atomic E-state index is 5.20. The summed E-state index contributed by atoms with van der Waals surface area (Å²) in [5, 5.41) is 6.99. The van der Waals surface area contributed by atoms with Crippen LogP contribution in [0, 0.1) is 0 Å². The van der Waals surface area contributed by atoms with E-state index in [0.29, 0.717) is 6.04 Å². The van der Waals surface area contributed by atoms with E-state index in [-0.39, 0.29) is 0 Å². The van der Waals surface area contributed by atoms with Gasteiger partial charge in [-0.05, 0) is 25.5 Å². The number of likely N-dealkylation sites (tertiary alicyclic amines) is 1. The average Bonchev–Trinajstić information content (AvgIpc) is 3.16. The first-order valence-corrected chi connectivity index (χ1v) is 6.94. The summed E-state index contributed by atoms with van der Waals surface area (Å²) in [6.45, 7) is 2.77. The summed E-state index contributed by atoms with van der Waals surface area (Å²) < 4.78 is 5.20. The standard InChI is InChI=1S/C14H19N5O/c1-20-10-9-19-8-2-3-12(19)14-13(15-6-7-16-14)11-4-5-17-18-11/h4-7,12H,2-3,8-10H2,1H3,(H,17,18). The Balaban J connectivity index is 1.90. The maximum Gasteiger partial charge on any atom is 0.111 e. The number of aromatic amines is 1. The zero-order valence-electron chi connectivity index (χ0n) is 11.6. The molecule has 0 bridgehead atoms. The number of hydrogen-bond acceptors (Lipinski definition) is 5. The van der Waals surface area contributed by atoms with E-state index < -0.39 is 0 Å². The lowest BCUT2D eigenvalue weighted by atomic mass is 10.1. The predicted octanol–water partition coefficient (Wildman–Crippen LogP) is 1.65. The van der Waals surface area contributed by atoms with E-state index in [2.05, 4.69) is 25.1 Å². The molecule has 0 aromatic carbocycles. The first kappa shape index (κ1) is 13.2. The van der Waals surface area contributed by atoms with Crippen molar-refractivity contribution in [2.75, 3.05) is 26.8 Å². The van der Waals surface area contributed by atoms with Gasteiger partial charge in [-0.15, -0.1) is 0 Å². The SMILES string of the molecule is COCCN1CCCC1c1nccnc1-c1ccn[nH]1. The molecule has 0 radical (unpaired) electrons. The molecule has 1 atom stereocenters. The summed E-state index contributed by atoms with van der Waals surface area (Å²) in [6, 6.07) is 2.25. The number of rotatable bonds is 5. The molecule has 106 valence electrons. The van der Waals surface area contributed by atoms with E-state index in [4.69, 9.17) is 4.74 Å². The molecule has 3 heterocycles. The van der Waals surface area contributed by atoms with Crippen LogP contribution in [0.15, 0.2) is 24.7 Å². The van der Waals surface area contributed by atoms with Gasteiger partial charge in [-0.2, -0.15) is 5.10 Å². The van der Waals surface area contributed by atoms with Crippen LogP contribution in [0.1, 0.15) is 24.6 Å². The van der Waals surface area contributed by atoms with Gasteiger partial charge in [0, 0.05) is 32.2 Å². The van der Waals surface area contributed by atoms with E-state index in [1.165, 1.54) is 6.42 Å². The largest absolute Gasteiger partial charge is 0.383 e. The maximum absolute atomic E-state index is 5.20. The summed E-state index contributed by atoms with van der Waals surface area (Å²) in [5.74, 6) is 0. The highest BCUT2D eigenvalue weighted by Crippen LogP contribution is 2.34. The summed E-state index contributed by atoms with van der Waals surface area (Å²) in [4.78, 5) is 11.5. The van der Waals surface area contributed by atoms with Gasteiger partial charge in [0.1, 0.15) is 5.69 Å². The Morgan fingerprint density at radius 1 is 1.35 bits per heavy atom. The van der Waals surface area contributed by atoms with Crippen LogP contribution < -0.4 is 0 Å². The van der Waals surface area contributed by atoms with E-state index >= 15 is 0 Å². The Bertz CT molecular complexity index is 542. The Kier molecular flexibility index (Phi) is 4.03. The topological polar surface area (TPSA) is 66.9 Å². The van der Waals surface area contributed by atoms with Crippen molar-refractivity contribution in [1.29, 1.82) is 0 Å². The van der Waals surface area contributed by atoms with Crippen molar-refractivity contribution in [2.45, 2.75) is 18.9 Å². The van der Waals surface area contributed by atoms with Gasteiger partial charge < -0.3 is 4.74 Å². The summed E-state index contributed by atoms with van der Waals surface area (Å²) in [6.07, 6.45) is 7.54. The number of nitrogens with one attached hydrogen (secondary N) is 1. The van der Waals surface area contributed by atoms with Crippen molar-refractivity contribution in [3.63, 3.8) is 0 Å². The molecule has 0 spiro atoms. The Hall–Kier alpha value is -1.79. The first-order valence-electron chi connectivity index (χ1n) is 6.94. The van der Waals surface area contributed by atoms with Crippen molar-refractivity contribution in [3.8, 4) is 11.4 Å². The third-order valence-electron chi connectivity index (χ3n) is 3.74. The fourth-order valence-electron chi connectivity index (χ4n) is 2.80. The Labute approximate surface area is 118 Å². The van der Waals surface area contributed by atoms with Gasteiger partial charge in [0.05, 0.1) is 24.0 Å². The Morgan fingerprint density at radius 3 is 3.05 bits per heavy atom. The molecule has 1 saturated heterocycles. The highest BCUT2D eigenvalue weighted by Gasteiger charge is 2.29. The third-order valence-corrected chi connectivity index (χ3v) is 3.74. The van der Waals surface area contributed by atoms with Gasteiger partial charge in [0.25, 0.3) is 0 Å². The van der Waals surface area contributed by atoms with Crippen LogP contribution in [0.25, 0.3) is 11.4 Å². The van der Waals surface area contributed by atoms with E-state index in [1.54, 1.807) is 25.7 Å². The molecule has 0 saturated carbocycles. The van der Waals surface area contributed by atoms with Crippen LogP contribution in [0.5, 0.6) is 0 Å². The van der Waals surface area contributed by atoms with Crippen molar-refractivity contribution in [1.82, 2.24) is 25.1 Å². The quantitative estimate of drug-likeness (QED) is 0.897. The van der Waals surface area contributed by atoms with Gasteiger partial charge in [-0.3, -0.25) is 20.0 Å². The van der Waals surface area contributed by atoms with Crippen LogP contribution in [0.2, 0.25) is 0 Å². The molecule has 2 aromatic heterocycles. The highest BCUT2D eigenvalue weighted by atomic mass is 16.5. The normalized spacial score (nSPS) is 19.6. The van der Waals surface area contributed by atoms with E-state index in [0.717, 1.165) is 43.2 Å². The minimum absolute atomic E-state index is 0.317. The minimum Gasteiger partial charge on any atom is -0.383 e. The van der Waals surface area contributed by atoms with Crippen LogP contribution in [0.4, 0.5) is 0 Å². The summed E-state index contributed by atoms with van der Waals surface area (Å²) in [7, 11) is 1.74. The monoisotopic (exact) mass is 273 g/mol. The van der Waals surface area contributed by atoms with E-state index in [9.17, 15) is 0 Å². The lowest BCUT2D eigenvalue weighted by Gasteiger charge is -2.24. The van der Waals surface area contributed by atoms with Crippen LogP contribution >= 0.6 is 0 Å². The second-order valence-electron chi connectivity index (χ2n) is 4.95. The molecule has 1 aliphatic rings. The minimum atomic E-state index is 0.317. The van der Waals surface area contributed by atoms with E-state index in [1.807, 2.05) is 6.07 Å². The number of methoxy groups -OCH3 is 1. The molecule has 20 heavy (non-hydrogen) atoms. The number of H-pyrrole nitrogens is 1. The van der Waals surface area contributed by atoms with Gasteiger partial charge in [0.2, 0.25) is 0 Å². The number of hydrogen-bond donors (Lipinski definition) is 1. The van der Waals surface area contributed by atoms with Gasteiger partial charge in [-0.1, -0.05) is 0 Å². The number of nitrogens with zero attached hydrogens (tertiary/aromatic N) is 4. The van der Waals surface area contributed by atoms with Gasteiger partial charge in [0.15, 0.2) is 0 Å². The fraction of sp³-hybridized carbons (Fsp3) is 0.500. The molecule has 1 N–H and O–H groups in total. The van der Waals surface area contributed by atoms with Crippen molar-refractivity contribution >= 4 is 0 Å². The molecule has 0 aliphatic carbocycles. The molecule has 1 unspecified atom stereocenters. The lowest BCUT2D eigenvalue weighted by Crippen LogP contribution is -2.28. The second-order valence-corrected chi connectivity index (χ2v) is 4.95. The summed E-state index contributed by atoms with van der Waals surface area (Å²) >= 11 is 0. The zero-order chi connectivity index (χ0) is 13.8. The third kappa shape index (κ3) is 2.57. The number of ether oxygens (including phenoxy) is 1. The smallest absolute Gasteiger partial charge is 0.111 e. The van der Waals surface area contributed by atoms with Crippen molar-refractivity contribution < 1.29 is 4.74 Å². The summed E-state index contributed by atoms with van der Waals surface area (Å²) in [5.41, 5.74) is 2.86. The van der Waals surface area contributed by atoms with Crippen LogP contribution in [-0.4, -0.2) is 51.9 Å². The molecular weight excluding hydrogens is 254 g/mol. The lowest BCUT2D eigenvalue weighted by molar-refractivity contribution is 0.140. The fourth-order valence-corrected chi connectivity index (χ4v) is 2.80. The average molecular weight is 273 g/mol. The molecule has 6 nitrogen and oxygen atoms in total. The van der Waals surface area contributed by atoms with Crippen molar-refractivity contribution in [3.05, 3.63) is 30.4 Å². The van der Waals surface area contributed by atoms with Crippen LogP contribution in [0.3, 0.4) is 0 Å². The molecule has 0 amide bonds. The molecular formula is C14H19N5O. The highest BCUT2D eigenvalue weighted by molar-refractivity contribution is 5.56.